The molecule has 0 bridgehead atoms. The standard InChI is InChI=1S/C13H12ClN3O3/c14-7-1-2-11(18)10(5-7)15-13(19)12-8-6-20-4-3-9(8)16-17-12/h1-2,5,18H,3-4,6H2,(H,15,19)(H,16,17). The zero-order valence-electron chi connectivity index (χ0n) is 10.4. The number of aromatic amines is 1. The zero-order valence-corrected chi connectivity index (χ0v) is 11.2. The number of H-pyrrole nitrogens is 1. The molecular weight excluding hydrogens is 282 g/mol. The summed E-state index contributed by atoms with van der Waals surface area (Å²) in [6.45, 7) is 0.974. The van der Waals surface area contributed by atoms with Crippen LogP contribution in [0.1, 0.15) is 21.7 Å². The van der Waals surface area contributed by atoms with E-state index in [2.05, 4.69) is 15.5 Å². The zero-order chi connectivity index (χ0) is 14.1. The van der Waals surface area contributed by atoms with Gasteiger partial charge in [0.1, 0.15) is 5.75 Å². The summed E-state index contributed by atoms with van der Waals surface area (Å²) in [5, 5.41) is 19.6. The fourth-order valence-electron chi connectivity index (χ4n) is 2.09. The maximum Gasteiger partial charge on any atom is 0.276 e. The number of carbonyl (C=O) groups is 1. The molecule has 0 spiro atoms. The maximum absolute atomic E-state index is 12.2. The average molecular weight is 294 g/mol. The summed E-state index contributed by atoms with van der Waals surface area (Å²) in [6.07, 6.45) is 0.706. The van der Waals surface area contributed by atoms with Crippen LogP contribution in [0, 0.1) is 0 Å². The van der Waals surface area contributed by atoms with Crippen LogP contribution in [0.4, 0.5) is 5.69 Å². The number of phenolic OH excluding ortho intramolecular Hbond substituents is 1. The second-order valence-corrected chi connectivity index (χ2v) is 4.88. The number of fused-ring (bicyclic) bond motifs is 1. The van der Waals surface area contributed by atoms with Crippen LogP contribution in [0.5, 0.6) is 5.75 Å². The smallest absolute Gasteiger partial charge is 0.276 e. The van der Waals surface area contributed by atoms with Gasteiger partial charge in [-0.15, -0.1) is 0 Å². The van der Waals surface area contributed by atoms with Crippen LogP contribution in [-0.4, -0.2) is 27.8 Å². The Bertz CT molecular complexity index is 669. The quantitative estimate of drug-likeness (QED) is 0.740. The topological polar surface area (TPSA) is 87.2 Å². The highest BCUT2D eigenvalue weighted by Crippen LogP contribution is 2.27. The minimum Gasteiger partial charge on any atom is -0.506 e. The SMILES string of the molecule is O=C(Nc1cc(Cl)ccc1O)c1n[nH]c2c1COCC2. The van der Waals surface area contributed by atoms with Crippen molar-refractivity contribution < 1.29 is 14.6 Å². The van der Waals surface area contributed by atoms with E-state index >= 15 is 0 Å². The van der Waals surface area contributed by atoms with Crippen molar-refractivity contribution in [3.63, 3.8) is 0 Å². The molecule has 1 aromatic carbocycles. The fourth-order valence-corrected chi connectivity index (χ4v) is 2.26. The summed E-state index contributed by atoms with van der Waals surface area (Å²) >= 11 is 5.84. The van der Waals surface area contributed by atoms with Gasteiger partial charge in [-0.25, -0.2) is 0 Å². The Labute approximate surface area is 119 Å². The number of anilines is 1. The third kappa shape index (κ3) is 2.35. The number of nitrogens with one attached hydrogen (secondary N) is 2. The number of aromatic nitrogens is 2. The molecule has 20 heavy (non-hydrogen) atoms. The van der Waals surface area contributed by atoms with E-state index in [1.165, 1.54) is 18.2 Å². The second kappa shape index (κ2) is 5.15. The molecule has 2 heterocycles. The van der Waals surface area contributed by atoms with Crippen LogP contribution in [-0.2, 0) is 17.8 Å². The number of rotatable bonds is 2. The van der Waals surface area contributed by atoms with Gasteiger partial charge in [0.05, 0.1) is 18.9 Å². The lowest BCUT2D eigenvalue weighted by Crippen LogP contribution is -2.17. The number of hydrogen-bond acceptors (Lipinski definition) is 4. The van der Waals surface area contributed by atoms with Crippen LogP contribution in [0.3, 0.4) is 0 Å². The first kappa shape index (κ1) is 13.0. The molecule has 2 aromatic rings. The van der Waals surface area contributed by atoms with Gasteiger partial charge in [0.25, 0.3) is 5.91 Å². The van der Waals surface area contributed by atoms with Crippen molar-refractivity contribution in [2.45, 2.75) is 13.0 Å². The van der Waals surface area contributed by atoms with E-state index in [1.807, 2.05) is 0 Å². The molecular formula is C13H12ClN3O3. The first-order chi connectivity index (χ1) is 9.65. The van der Waals surface area contributed by atoms with Crippen LogP contribution in [0.25, 0.3) is 0 Å². The number of amides is 1. The molecule has 7 heteroatoms. The molecule has 1 aliphatic rings. The number of benzene rings is 1. The number of phenols is 1. The van der Waals surface area contributed by atoms with E-state index in [4.69, 9.17) is 16.3 Å². The van der Waals surface area contributed by atoms with E-state index in [9.17, 15) is 9.90 Å². The van der Waals surface area contributed by atoms with Gasteiger partial charge in [-0.2, -0.15) is 5.10 Å². The highest BCUT2D eigenvalue weighted by molar-refractivity contribution is 6.31. The Morgan fingerprint density at radius 3 is 3.20 bits per heavy atom. The molecule has 0 aliphatic carbocycles. The average Bonchev–Trinajstić information content (AvgIpc) is 2.87. The number of carbonyl (C=O) groups excluding carboxylic acids is 1. The first-order valence-corrected chi connectivity index (χ1v) is 6.46. The Hall–Kier alpha value is -2.05. The third-order valence-electron chi connectivity index (χ3n) is 3.12. The molecule has 104 valence electrons. The summed E-state index contributed by atoms with van der Waals surface area (Å²) in [6, 6.07) is 4.43. The van der Waals surface area contributed by atoms with E-state index in [1.54, 1.807) is 0 Å². The Kier molecular flexibility index (Phi) is 3.33. The summed E-state index contributed by atoms with van der Waals surface area (Å²) < 4.78 is 5.33. The molecule has 0 unspecified atom stereocenters. The first-order valence-electron chi connectivity index (χ1n) is 6.09. The molecule has 1 aromatic heterocycles. The minimum atomic E-state index is -0.412. The lowest BCUT2D eigenvalue weighted by Gasteiger charge is -2.12. The van der Waals surface area contributed by atoms with E-state index in [0.717, 1.165) is 11.3 Å². The number of aromatic hydroxyl groups is 1. The predicted molar refractivity (Wildman–Crippen MR) is 73.0 cm³/mol. The van der Waals surface area contributed by atoms with Gasteiger partial charge in [0.2, 0.25) is 0 Å². The van der Waals surface area contributed by atoms with Crippen molar-refractivity contribution in [1.82, 2.24) is 10.2 Å². The predicted octanol–water partition coefficient (Wildman–Crippen LogP) is 2.09. The molecule has 1 aliphatic heterocycles. The molecule has 6 nitrogen and oxygen atoms in total. The van der Waals surface area contributed by atoms with Crippen LogP contribution < -0.4 is 5.32 Å². The molecule has 0 atom stereocenters. The molecule has 3 rings (SSSR count). The molecule has 3 N–H and O–H groups in total. The van der Waals surface area contributed by atoms with Gasteiger partial charge >= 0.3 is 0 Å². The lowest BCUT2D eigenvalue weighted by atomic mass is 10.1. The summed E-state index contributed by atoms with van der Waals surface area (Å²) in [5.41, 5.74) is 2.20. The Morgan fingerprint density at radius 2 is 2.35 bits per heavy atom. The van der Waals surface area contributed by atoms with Gasteiger partial charge in [0.15, 0.2) is 5.69 Å². The molecule has 1 amide bonds. The molecule has 0 saturated heterocycles. The molecule has 0 radical (unpaired) electrons. The number of ether oxygens (including phenoxy) is 1. The molecule has 0 fully saturated rings. The monoisotopic (exact) mass is 293 g/mol. The van der Waals surface area contributed by atoms with Crippen molar-refractivity contribution in [1.29, 1.82) is 0 Å². The van der Waals surface area contributed by atoms with Crippen LogP contribution >= 0.6 is 11.6 Å². The number of halogens is 1. The summed E-state index contributed by atoms with van der Waals surface area (Å²) in [4.78, 5) is 12.2. The van der Waals surface area contributed by atoms with Crippen molar-refractivity contribution in [3.05, 3.63) is 40.2 Å². The van der Waals surface area contributed by atoms with Gasteiger partial charge < -0.3 is 15.2 Å². The largest absolute Gasteiger partial charge is 0.506 e. The van der Waals surface area contributed by atoms with E-state index in [-0.39, 0.29) is 17.1 Å². The van der Waals surface area contributed by atoms with E-state index in [0.29, 0.717) is 24.7 Å². The normalized spacial score (nSPS) is 13.8. The number of hydrogen-bond donors (Lipinski definition) is 3. The second-order valence-electron chi connectivity index (χ2n) is 4.45. The summed E-state index contributed by atoms with van der Waals surface area (Å²) in [5.74, 6) is -0.464. The van der Waals surface area contributed by atoms with Gasteiger partial charge in [-0.05, 0) is 18.2 Å². The maximum atomic E-state index is 12.2. The lowest BCUT2D eigenvalue weighted by molar-refractivity contribution is 0.0985. The summed E-state index contributed by atoms with van der Waals surface area (Å²) in [7, 11) is 0. The number of nitrogens with zero attached hydrogens (tertiary/aromatic N) is 1. The van der Waals surface area contributed by atoms with E-state index < -0.39 is 5.91 Å². The van der Waals surface area contributed by atoms with Crippen LogP contribution in [0.15, 0.2) is 18.2 Å². The van der Waals surface area contributed by atoms with Crippen molar-refractivity contribution in [3.8, 4) is 5.75 Å². The van der Waals surface area contributed by atoms with Gasteiger partial charge in [-0.3, -0.25) is 9.89 Å². The van der Waals surface area contributed by atoms with Crippen LogP contribution in [0.2, 0.25) is 5.02 Å². The van der Waals surface area contributed by atoms with Crippen molar-refractivity contribution in [2.75, 3.05) is 11.9 Å². The van der Waals surface area contributed by atoms with Crippen molar-refractivity contribution >= 4 is 23.2 Å². The third-order valence-corrected chi connectivity index (χ3v) is 3.35. The minimum absolute atomic E-state index is 0.0524. The highest BCUT2D eigenvalue weighted by Gasteiger charge is 2.22. The van der Waals surface area contributed by atoms with Gasteiger partial charge in [-0.1, -0.05) is 11.6 Å². The van der Waals surface area contributed by atoms with Gasteiger partial charge in [0, 0.05) is 22.7 Å². The highest BCUT2D eigenvalue weighted by atomic mass is 35.5. The molecule has 0 saturated carbocycles. The van der Waals surface area contributed by atoms with Crippen molar-refractivity contribution in [2.24, 2.45) is 0 Å². The Morgan fingerprint density at radius 1 is 1.50 bits per heavy atom. The fraction of sp³-hybridized carbons (Fsp3) is 0.231. The Balaban J connectivity index is 1.86.